The molecule has 0 aliphatic heterocycles. The van der Waals surface area contributed by atoms with Gasteiger partial charge in [0.15, 0.2) is 0 Å². The maximum Gasteiger partial charge on any atom is 0.140 e. The van der Waals surface area contributed by atoms with Gasteiger partial charge in [-0.15, -0.1) is 0 Å². The molecule has 0 spiro atoms. The Morgan fingerprint density at radius 3 is 2.18 bits per heavy atom. The van der Waals surface area contributed by atoms with Gasteiger partial charge in [0.05, 0.1) is 0 Å². The van der Waals surface area contributed by atoms with Gasteiger partial charge < -0.3 is 4.74 Å². The number of ketones is 1. The van der Waals surface area contributed by atoms with E-state index in [0.29, 0.717) is 23.5 Å². The highest BCUT2D eigenvalue weighted by Gasteiger charge is 2.39. The van der Waals surface area contributed by atoms with Gasteiger partial charge in [-0.25, -0.2) is 0 Å². The molecule has 2 nitrogen and oxygen atoms in total. The minimum Gasteiger partial charge on any atom is -0.457 e. The molecule has 2 atom stereocenters. The molecule has 0 amide bonds. The number of carbonyl (C=O) groups is 1. The molecule has 0 heterocycles. The zero-order valence-electron chi connectivity index (χ0n) is 21.1. The second kappa shape index (κ2) is 11.7. The molecule has 0 radical (unpaired) electrons. The van der Waals surface area contributed by atoms with Gasteiger partial charge in [-0.05, 0) is 111 Å². The number of Topliss-reactive ketones (excluding diaryl/α,β-unsaturated/α-hetero) is 1. The lowest BCUT2D eigenvalue weighted by Crippen LogP contribution is -2.22. The number of carbonyl (C=O) groups excluding carboxylic acids is 1. The van der Waals surface area contributed by atoms with Gasteiger partial charge in [-0.2, -0.15) is 0 Å². The highest BCUT2D eigenvalue weighted by molar-refractivity contribution is 5.88. The largest absolute Gasteiger partial charge is 0.457 e. The van der Waals surface area contributed by atoms with Crippen LogP contribution in [0.25, 0.3) is 0 Å². The highest BCUT2D eigenvalue weighted by atomic mass is 16.5. The lowest BCUT2D eigenvalue weighted by molar-refractivity contribution is -0.118. The third-order valence-corrected chi connectivity index (χ3v) is 8.08. The Hall–Kier alpha value is -2.61. The Morgan fingerprint density at radius 2 is 1.56 bits per heavy atom. The first-order valence-electron chi connectivity index (χ1n) is 13.3. The number of allylic oxidation sites excluding steroid dienone is 4. The van der Waals surface area contributed by atoms with Crippen molar-refractivity contribution in [3.63, 3.8) is 0 Å². The Kier molecular flexibility index (Phi) is 8.43. The van der Waals surface area contributed by atoms with Crippen molar-refractivity contribution >= 4 is 5.78 Å². The molecule has 4 rings (SSSR count). The van der Waals surface area contributed by atoms with Crippen molar-refractivity contribution in [2.45, 2.75) is 78.1 Å². The van der Waals surface area contributed by atoms with Gasteiger partial charge in [-0.1, -0.05) is 55.8 Å². The van der Waals surface area contributed by atoms with E-state index in [-0.39, 0.29) is 5.92 Å². The van der Waals surface area contributed by atoms with Gasteiger partial charge in [-0.3, -0.25) is 4.79 Å². The molecular weight excluding hydrogens is 416 g/mol. The van der Waals surface area contributed by atoms with Crippen LogP contribution in [0.5, 0.6) is 11.5 Å². The minimum atomic E-state index is 0.0544. The molecule has 0 aromatic heterocycles. The normalized spacial score (nSPS) is 26.0. The first-order valence-corrected chi connectivity index (χ1v) is 13.3. The average molecular weight is 457 g/mol. The third-order valence-electron chi connectivity index (χ3n) is 8.08. The predicted octanol–water partition coefficient (Wildman–Crippen LogP) is 9.04. The van der Waals surface area contributed by atoms with Crippen molar-refractivity contribution < 1.29 is 9.53 Å². The average Bonchev–Trinajstić information content (AvgIpc) is 3.27. The van der Waals surface area contributed by atoms with Crippen LogP contribution in [0.15, 0.2) is 77.9 Å². The number of ether oxygens (including phenoxy) is 1. The molecule has 2 saturated carbocycles. The van der Waals surface area contributed by atoms with Crippen molar-refractivity contribution in [2.75, 3.05) is 0 Å². The van der Waals surface area contributed by atoms with E-state index in [1.165, 1.54) is 38.5 Å². The predicted molar refractivity (Wildman–Crippen MR) is 141 cm³/mol. The molecule has 2 aliphatic carbocycles. The molecule has 2 heteroatoms. The lowest BCUT2D eigenvalue weighted by atomic mass is 9.71. The zero-order valence-corrected chi connectivity index (χ0v) is 21.1. The number of para-hydroxylation sites is 1. The van der Waals surface area contributed by atoms with E-state index in [0.717, 1.165) is 29.9 Å². The molecule has 0 N–H and O–H groups in total. The van der Waals surface area contributed by atoms with E-state index < -0.39 is 0 Å². The molecule has 34 heavy (non-hydrogen) atoms. The maximum absolute atomic E-state index is 13.0. The monoisotopic (exact) mass is 456 g/mol. The van der Waals surface area contributed by atoms with Gasteiger partial charge in [0.1, 0.15) is 17.3 Å². The van der Waals surface area contributed by atoms with E-state index in [1.54, 1.807) is 11.1 Å². The summed E-state index contributed by atoms with van der Waals surface area (Å²) < 4.78 is 5.92. The van der Waals surface area contributed by atoms with Crippen LogP contribution in [-0.4, -0.2) is 5.78 Å². The minimum absolute atomic E-state index is 0.0544. The van der Waals surface area contributed by atoms with Gasteiger partial charge in [0.25, 0.3) is 0 Å². The Labute approximate surface area is 206 Å². The second-order valence-electron chi connectivity index (χ2n) is 10.1. The van der Waals surface area contributed by atoms with Crippen LogP contribution in [0, 0.1) is 17.8 Å². The van der Waals surface area contributed by atoms with E-state index in [9.17, 15) is 4.79 Å². The van der Waals surface area contributed by atoms with Crippen molar-refractivity contribution in [1.29, 1.82) is 0 Å². The van der Waals surface area contributed by atoms with Crippen LogP contribution in [0.3, 0.4) is 0 Å². The van der Waals surface area contributed by atoms with Crippen LogP contribution < -0.4 is 4.74 Å². The summed E-state index contributed by atoms with van der Waals surface area (Å²) in [5.41, 5.74) is 4.28. The number of hydrogen-bond acceptors (Lipinski definition) is 2. The van der Waals surface area contributed by atoms with E-state index >= 15 is 0 Å². The topological polar surface area (TPSA) is 26.3 Å². The van der Waals surface area contributed by atoms with Crippen molar-refractivity contribution in [3.8, 4) is 11.5 Å². The molecule has 0 bridgehead atoms. The van der Waals surface area contributed by atoms with E-state index in [2.05, 4.69) is 45.1 Å². The molecule has 0 saturated heterocycles. The fourth-order valence-electron chi connectivity index (χ4n) is 6.30. The fourth-order valence-corrected chi connectivity index (χ4v) is 6.30. The Bertz CT molecular complexity index is 991. The Balaban J connectivity index is 1.33. The SMILES string of the molecule is CC=C(CCC)C(=CC)C1CCC(C2CC(=O)C(c3ccc(Oc4ccccc4)cc3)C2)CC1. The zero-order chi connectivity index (χ0) is 23.9. The Morgan fingerprint density at radius 1 is 0.882 bits per heavy atom. The van der Waals surface area contributed by atoms with Gasteiger partial charge in [0.2, 0.25) is 0 Å². The summed E-state index contributed by atoms with van der Waals surface area (Å²) in [5, 5.41) is 0. The second-order valence-corrected chi connectivity index (χ2v) is 10.1. The molecule has 2 aliphatic rings. The summed E-state index contributed by atoms with van der Waals surface area (Å²) in [5.74, 6) is 4.08. The summed E-state index contributed by atoms with van der Waals surface area (Å²) >= 11 is 0. The van der Waals surface area contributed by atoms with Gasteiger partial charge >= 0.3 is 0 Å². The van der Waals surface area contributed by atoms with Crippen LogP contribution in [0.2, 0.25) is 0 Å². The quantitative estimate of drug-likeness (QED) is 0.370. The number of hydrogen-bond donors (Lipinski definition) is 0. The van der Waals surface area contributed by atoms with Gasteiger partial charge in [0, 0.05) is 12.3 Å². The van der Waals surface area contributed by atoms with Crippen LogP contribution in [0.4, 0.5) is 0 Å². The van der Waals surface area contributed by atoms with Crippen LogP contribution >= 0.6 is 0 Å². The first-order chi connectivity index (χ1) is 16.6. The highest BCUT2D eigenvalue weighted by Crippen LogP contribution is 2.46. The van der Waals surface area contributed by atoms with Crippen molar-refractivity contribution in [1.82, 2.24) is 0 Å². The lowest BCUT2D eigenvalue weighted by Gasteiger charge is -2.34. The molecule has 2 unspecified atom stereocenters. The summed E-state index contributed by atoms with van der Waals surface area (Å²) in [6.07, 6.45) is 13.9. The van der Waals surface area contributed by atoms with E-state index in [4.69, 9.17) is 4.74 Å². The summed E-state index contributed by atoms with van der Waals surface area (Å²) in [7, 11) is 0. The molecule has 2 aromatic carbocycles. The maximum atomic E-state index is 13.0. The summed E-state index contributed by atoms with van der Waals surface area (Å²) in [4.78, 5) is 13.0. The number of benzene rings is 2. The van der Waals surface area contributed by atoms with Crippen LogP contribution in [-0.2, 0) is 4.79 Å². The van der Waals surface area contributed by atoms with Crippen LogP contribution in [0.1, 0.15) is 83.6 Å². The summed E-state index contributed by atoms with van der Waals surface area (Å²) in [6, 6.07) is 18.0. The fraction of sp³-hybridized carbons (Fsp3) is 0.469. The molecular formula is C32H40O2. The molecule has 2 aromatic rings. The summed E-state index contributed by atoms with van der Waals surface area (Å²) in [6.45, 7) is 6.66. The number of rotatable bonds is 8. The smallest absolute Gasteiger partial charge is 0.140 e. The molecule has 180 valence electrons. The first kappa shape index (κ1) is 24.5. The van der Waals surface area contributed by atoms with Crippen molar-refractivity contribution in [3.05, 3.63) is 83.5 Å². The van der Waals surface area contributed by atoms with E-state index in [1.807, 2.05) is 42.5 Å². The standard InChI is InChI=1S/C32H40O2/c1-4-10-23(5-2)30(6-3)25-15-13-24(14-16-25)27-21-31(32(33)22-27)26-17-19-29(20-18-26)34-28-11-8-7-9-12-28/h5-9,11-12,17-20,24-25,27,31H,4,10,13-16,21-22H2,1-3H3. The van der Waals surface area contributed by atoms with Crippen molar-refractivity contribution in [2.24, 2.45) is 17.8 Å². The molecule has 2 fully saturated rings. The third kappa shape index (κ3) is 5.71.